The number of hydrogen-bond acceptors (Lipinski definition) is 4. The molecule has 0 bridgehead atoms. The van der Waals surface area contributed by atoms with Gasteiger partial charge in [-0.2, -0.15) is 17.4 Å². The van der Waals surface area contributed by atoms with Crippen LogP contribution in [0.2, 0.25) is 0 Å². The van der Waals surface area contributed by atoms with Crippen LogP contribution in [0.4, 0.5) is 0 Å². The summed E-state index contributed by atoms with van der Waals surface area (Å²) >= 11 is 0. The van der Waals surface area contributed by atoms with Crippen LogP contribution in [-0.4, -0.2) is 56.8 Å². The Morgan fingerprint density at radius 3 is 2.54 bits per heavy atom. The predicted octanol–water partition coefficient (Wildman–Crippen LogP) is 1.68. The van der Waals surface area contributed by atoms with Crippen LogP contribution in [0.25, 0.3) is 0 Å². The van der Waals surface area contributed by atoms with Crippen LogP contribution in [0.5, 0.6) is 5.75 Å². The Balaban J connectivity index is 1.85. The van der Waals surface area contributed by atoms with Gasteiger partial charge in [-0.1, -0.05) is 25.0 Å². The van der Waals surface area contributed by atoms with Crippen LogP contribution in [0.1, 0.15) is 43.7 Å². The molecule has 144 valence electrons. The van der Waals surface area contributed by atoms with Gasteiger partial charge in [0.25, 0.3) is 10.2 Å². The van der Waals surface area contributed by atoms with Gasteiger partial charge in [0, 0.05) is 20.1 Å². The Morgan fingerprint density at radius 2 is 1.88 bits per heavy atom. The third-order valence-electron chi connectivity index (χ3n) is 5.27. The first-order valence-corrected chi connectivity index (χ1v) is 10.5. The lowest BCUT2D eigenvalue weighted by atomic mass is 9.98. The van der Waals surface area contributed by atoms with Crippen LogP contribution >= 0.6 is 0 Å². The summed E-state index contributed by atoms with van der Waals surface area (Å²) < 4.78 is 34.3. The van der Waals surface area contributed by atoms with Gasteiger partial charge in [-0.15, -0.1) is 0 Å². The molecule has 2 saturated heterocycles. The summed E-state index contributed by atoms with van der Waals surface area (Å²) in [5.41, 5.74) is 0.801. The first-order valence-electron chi connectivity index (χ1n) is 9.10. The molecule has 26 heavy (non-hydrogen) atoms. The van der Waals surface area contributed by atoms with Crippen molar-refractivity contribution >= 4 is 16.1 Å². The van der Waals surface area contributed by atoms with Crippen molar-refractivity contribution in [2.75, 3.05) is 27.2 Å². The summed E-state index contributed by atoms with van der Waals surface area (Å²) in [4.78, 5) is 14.9. The van der Waals surface area contributed by atoms with E-state index in [2.05, 4.69) is 4.72 Å². The lowest BCUT2D eigenvalue weighted by Crippen LogP contribution is -2.57. The van der Waals surface area contributed by atoms with Crippen LogP contribution in [0.3, 0.4) is 0 Å². The number of methoxy groups -OCH3 is 1. The molecular weight excluding hydrogens is 354 g/mol. The molecular formula is C18H27N3O4S. The number of ether oxygens (including phenoxy) is 1. The number of likely N-dealkylation sites (N-methyl/N-ethyl adjacent to an activating group) is 1. The number of hydrogen-bond donors (Lipinski definition) is 1. The Hall–Kier alpha value is -1.64. The van der Waals surface area contributed by atoms with Crippen LogP contribution in [-0.2, 0) is 15.0 Å². The number of likely N-dealkylation sites (tertiary alicyclic amines) is 1. The first kappa shape index (κ1) is 19.1. The summed E-state index contributed by atoms with van der Waals surface area (Å²) in [6.45, 7) is 1.42. The highest BCUT2D eigenvalue weighted by Crippen LogP contribution is 2.30. The van der Waals surface area contributed by atoms with E-state index < -0.39 is 22.3 Å². The minimum Gasteiger partial charge on any atom is -0.497 e. The van der Waals surface area contributed by atoms with E-state index in [0.717, 1.165) is 31.2 Å². The van der Waals surface area contributed by atoms with Crippen molar-refractivity contribution in [3.63, 3.8) is 0 Å². The number of nitrogens with zero attached hydrogens (tertiary/aromatic N) is 2. The van der Waals surface area contributed by atoms with Crippen molar-refractivity contribution in [2.24, 2.45) is 0 Å². The second-order valence-corrected chi connectivity index (χ2v) is 8.72. The van der Waals surface area contributed by atoms with Crippen molar-refractivity contribution in [2.45, 2.75) is 44.2 Å². The molecule has 2 unspecified atom stereocenters. The molecule has 7 nitrogen and oxygen atoms in total. The molecule has 0 radical (unpaired) electrons. The van der Waals surface area contributed by atoms with Gasteiger partial charge < -0.3 is 9.64 Å². The monoisotopic (exact) mass is 381 g/mol. The topological polar surface area (TPSA) is 79.0 Å². The number of benzene rings is 1. The van der Waals surface area contributed by atoms with Crippen molar-refractivity contribution in [1.29, 1.82) is 0 Å². The molecule has 0 aliphatic carbocycles. The quantitative estimate of drug-likeness (QED) is 0.864. The van der Waals surface area contributed by atoms with Crippen molar-refractivity contribution in [1.82, 2.24) is 13.9 Å². The maximum Gasteiger partial charge on any atom is 0.280 e. The number of rotatable bonds is 3. The second-order valence-electron chi connectivity index (χ2n) is 6.96. The van der Waals surface area contributed by atoms with Gasteiger partial charge in [0.1, 0.15) is 11.8 Å². The normalized spacial score (nSPS) is 26.9. The van der Waals surface area contributed by atoms with E-state index in [-0.39, 0.29) is 5.91 Å². The molecule has 2 aliphatic heterocycles. The highest BCUT2D eigenvalue weighted by molar-refractivity contribution is 7.87. The molecule has 2 fully saturated rings. The van der Waals surface area contributed by atoms with Gasteiger partial charge in [-0.25, -0.2) is 0 Å². The zero-order valence-corrected chi connectivity index (χ0v) is 16.2. The number of carbonyl (C=O) groups is 1. The number of amides is 1. The highest BCUT2D eigenvalue weighted by atomic mass is 32.2. The molecule has 0 aromatic heterocycles. The Labute approximate surface area is 155 Å². The fraction of sp³-hybridized carbons (Fsp3) is 0.611. The van der Waals surface area contributed by atoms with E-state index in [1.54, 1.807) is 7.11 Å². The molecule has 1 amide bonds. The lowest BCUT2D eigenvalue weighted by molar-refractivity contribution is -0.135. The summed E-state index contributed by atoms with van der Waals surface area (Å²) in [5.74, 6) is 0.573. The molecule has 1 aromatic carbocycles. The zero-order chi connectivity index (χ0) is 18.7. The highest BCUT2D eigenvalue weighted by Gasteiger charge is 2.42. The molecule has 3 rings (SSSR count). The predicted molar refractivity (Wildman–Crippen MR) is 99.0 cm³/mol. The Morgan fingerprint density at radius 1 is 1.19 bits per heavy atom. The van der Waals surface area contributed by atoms with Crippen LogP contribution in [0.15, 0.2) is 24.3 Å². The molecule has 2 atom stereocenters. The average Bonchev–Trinajstić information content (AvgIpc) is 2.92. The third-order valence-corrected chi connectivity index (χ3v) is 6.86. The van der Waals surface area contributed by atoms with Gasteiger partial charge >= 0.3 is 0 Å². The zero-order valence-electron chi connectivity index (χ0n) is 15.3. The number of nitrogens with one attached hydrogen (secondary N) is 1. The van der Waals surface area contributed by atoms with Crippen LogP contribution < -0.4 is 9.46 Å². The van der Waals surface area contributed by atoms with Crippen molar-refractivity contribution < 1.29 is 17.9 Å². The molecule has 0 saturated carbocycles. The van der Waals surface area contributed by atoms with Gasteiger partial charge in [0.15, 0.2) is 0 Å². The molecule has 1 N–H and O–H groups in total. The summed E-state index contributed by atoms with van der Waals surface area (Å²) in [6, 6.07) is 6.17. The maximum atomic E-state index is 13.1. The minimum absolute atomic E-state index is 0.0904. The fourth-order valence-corrected chi connectivity index (χ4v) is 4.94. The largest absolute Gasteiger partial charge is 0.497 e. The fourth-order valence-electron chi connectivity index (χ4n) is 3.67. The molecule has 2 aliphatic rings. The molecule has 1 aromatic rings. The van der Waals surface area contributed by atoms with Crippen LogP contribution in [0, 0.1) is 0 Å². The van der Waals surface area contributed by atoms with Gasteiger partial charge in [-0.3, -0.25) is 4.79 Å². The van der Waals surface area contributed by atoms with E-state index in [1.165, 1.54) is 11.4 Å². The van der Waals surface area contributed by atoms with Gasteiger partial charge in [-0.05, 0) is 37.0 Å². The molecule has 0 spiro atoms. The first-order chi connectivity index (χ1) is 12.4. The van der Waals surface area contributed by atoms with Crippen molar-refractivity contribution in [3.8, 4) is 5.75 Å². The van der Waals surface area contributed by atoms with E-state index in [1.807, 2.05) is 29.2 Å². The summed E-state index contributed by atoms with van der Waals surface area (Å²) in [5, 5.41) is 0. The molecule has 2 heterocycles. The molecule has 8 heteroatoms. The summed E-state index contributed by atoms with van der Waals surface area (Å²) in [7, 11) is -0.676. The van der Waals surface area contributed by atoms with Crippen molar-refractivity contribution in [3.05, 3.63) is 29.8 Å². The van der Waals surface area contributed by atoms with E-state index in [4.69, 9.17) is 4.74 Å². The minimum atomic E-state index is -3.73. The van der Waals surface area contributed by atoms with E-state index in [9.17, 15) is 13.2 Å². The van der Waals surface area contributed by atoms with E-state index in [0.29, 0.717) is 25.3 Å². The lowest BCUT2D eigenvalue weighted by Gasteiger charge is -2.38. The maximum absolute atomic E-state index is 13.1. The third kappa shape index (κ3) is 4.02. The van der Waals surface area contributed by atoms with Gasteiger partial charge in [0.05, 0.1) is 13.2 Å². The second kappa shape index (κ2) is 7.94. The van der Waals surface area contributed by atoms with Gasteiger partial charge in [0.2, 0.25) is 5.91 Å². The SMILES string of the molecule is COc1cccc(C2CC(C(=O)N3CCCCCC3)N(C)S(=O)(=O)N2)c1. The standard InChI is InChI=1S/C18H27N3O4S/c1-20-17(18(22)21-10-5-3-4-6-11-21)13-16(19-26(20,23)24)14-8-7-9-15(12-14)25-2/h7-9,12,16-17,19H,3-6,10-11,13H2,1-2H3. The van der Waals surface area contributed by atoms with E-state index >= 15 is 0 Å². The summed E-state index contributed by atoms with van der Waals surface area (Å²) in [6.07, 6.45) is 4.60. The average molecular weight is 381 g/mol. The number of carbonyl (C=O) groups excluding carboxylic acids is 1. The Kier molecular flexibility index (Phi) is 5.84. The Bertz CT molecular complexity index is 745. The smallest absolute Gasteiger partial charge is 0.280 e.